The number of nitrogens with zero attached hydrogens (tertiary/aromatic N) is 3. The van der Waals surface area contributed by atoms with Gasteiger partial charge in [-0.2, -0.15) is 5.26 Å². The Labute approximate surface area is 125 Å². The molecule has 0 amide bonds. The lowest BCUT2D eigenvalue weighted by Crippen LogP contribution is -2.26. The van der Waals surface area contributed by atoms with Gasteiger partial charge in [0.25, 0.3) is 0 Å². The molecule has 6 heteroatoms. The largest absolute Gasteiger partial charge is 0.339 e. The van der Waals surface area contributed by atoms with Gasteiger partial charge < -0.3 is 10.6 Å². The van der Waals surface area contributed by atoms with Crippen LogP contribution in [0.25, 0.3) is 0 Å². The van der Waals surface area contributed by atoms with Crippen molar-refractivity contribution in [2.24, 2.45) is 0 Å². The maximum Gasteiger partial charge on any atom is 0.198 e. The van der Waals surface area contributed by atoms with Crippen LogP contribution >= 0.6 is 15.9 Å². The molecule has 0 bridgehead atoms. The van der Waals surface area contributed by atoms with E-state index in [0.717, 1.165) is 42.3 Å². The summed E-state index contributed by atoms with van der Waals surface area (Å²) in [6.07, 6.45) is 0.880. The van der Waals surface area contributed by atoms with Crippen molar-refractivity contribution in [1.82, 2.24) is 15.3 Å². The number of nitrogens with one attached hydrogen (secondary N) is 2. The number of aromatic nitrogens is 2. The van der Waals surface area contributed by atoms with Crippen LogP contribution in [0.1, 0.15) is 16.8 Å². The average molecular weight is 330 g/mol. The molecule has 0 atom stereocenters. The fourth-order valence-electron chi connectivity index (χ4n) is 2.23. The molecule has 2 heterocycles. The first-order valence-corrected chi connectivity index (χ1v) is 7.09. The number of nitriles is 1. The van der Waals surface area contributed by atoms with Crippen LogP contribution in [0.2, 0.25) is 0 Å². The Kier molecular flexibility index (Phi) is 3.63. The zero-order valence-corrected chi connectivity index (χ0v) is 12.2. The van der Waals surface area contributed by atoms with E-state index in [2.05, 4.69) is 42.6 Å². The third kappa shape index (κ3) is 2.50. The molecule has 1 aromatic heterocycles. The summed E-state index contributed by atoms with van der Waals surface area (Å²) in [5.41, 5.74) is 3.46. The van der Waals surface area contributed by atoms with Crippen LogP contribution in [0.4, 0.5) is 11.5 Å². The quantitative estimate of drug-likeness (QED) is 0.828. The van der Waals surface area contributed by atoms with Gasteiger partial charge in [0.05, 0.1) is 16.9 Å². The SMILES string of the molecule is N#Cc1ccccc1Nc1nc(Br)nc2c1CNCC2. The van der Waals surface area contributed by atoms with E-state index in [1.165, 1.54) is 0 Å². The molecule has 0 spiro atoms. The summed E-state index contributed by atoms with van der Waals surface area (Å²) in [5, 5.41) is 15.7. The zero-order chi connectivity index (χ0) is 13.9. The third-order valence-corrected chi connectivity index (χ3v) is 3.56. The molecule has 5 nitrogen and oxygen atoms in total. The van der Waals surface area contributed by atoms with Gasteiger partial charge in [-0.3, -0.25) is 0 Å². The molecule has 0 saturated heterocycles. The number of rotatable bonds is 2. The molecule has 1 aliphatic rings. The van der Waals surface area contributed by atoms with Crippen LogP contribution in [0.5, 0.6) is 0 Å². The lowest BCUT2D eigenvalue weighted by Gasteiger charge is -2.20. The van der Waals surface area contributed by atoms with Gasteiger partial charge >= 0.3 is 0 Å². The summed E-state index contributed by atoms with van der Waals surface area (Å²) in [4.78, 5) is 8.82. The molecular formula is C14H12BrN5. The van der Waals surface area contributed by atoms with Crippen LogP contribution < -0.4 is 10.6 Å². The van der Waals surface area contributed by atoms with E-state index in [1.54, 1.807) is 6.07 Å². The van der Waals surface area contributed by atoms with Gasteiger partial charge in [-0.25, -0.2) is 9.97 Å². The second-order valence-corrected chi connectivity index (χ2v) is 5.18. The lowest BCUT2D eigenvalue weighted by atomic mass is 10.1. The molecule has 2 N–H and O–H groups in total. The van der Waals surface area contributed by atoms with Gasteiger partial charge in [0.1, 0.15) is 11.9 Å². The summed E-state index contributed by atoms with van der Waals surface area (Å²) in [7, 11) is 0. The summed E-state index contributed by atoms with van der Waals surface area (Å²) in [6.45, 7) is 1.66. The molecule has 20 heavy (non-hydrogen) atoms. The first-order valence-electron chi connectivity index (χ1n) is 6.30. The Balaban J connectivity index is 2.03. The molecule has 0 unspecified atom stereocenters. The van der Waals surface area contributed by atoms with E-state index in [0.29, 0.717) is 10.3 Å². The molecule has 0 radical (unpaired) electrons. The number of hydrogen-bond donors (Lipinski definition) is 2. The molecule has 3 rings (SSSR count). The van der Waals surface area contributed by atoms with Crippen molar-refractivity contribution in [1.29, 1.82) is 5.26 Å². The van der Waals surface area contributed by atoms with Crippen molar-refractivity contribution in [2.75, 3.05) is 11.9 Å². The average Bonchev–Trinajstić information content (AvgIpc) is 2.47. The van der Waals surface area contributed by atoms with Crippen LogP contribution in [0.15, 0.2) is 29.0 Å². The van der Waals surface area contributed by atoms with E-state index in [9.17, 15) is 0 Å². The van der Waals surface area contributed by atoms with Crippen molar-refractivity contribution >= 4 is 27.4 Å². The summed E-state index contributed by atoms with van der Waals surface area (Å²) in [6, 6.07) is 9.57. The minimum absolute atomic E-state index is 0.565. The van der Waals surface area contributed by atoms with Gasteiger partial charge in [0.2, 0.25) is 0 Å². The molecule has 1 aliphatic heterocycles. The molecule has 0 fully saturated rings. The minimum Gasteiger partial charge on any atom is -0.339 e. The second kappa shape index (κ2) is 5.57. The highest BCUT2D eigenvalue weighted by molar-refractivity contribution is 9.10. The fraction of sp³-hybridized carbons (Fsp3) is 0.214. The topological polar surface area (TPSA) is 73.6 Å². The van der Waals surface area contributed by atoms with Gasteiger partial charge in [-0.05, 0) is 28.1 Å². The highest BCUT2D eigenvalue weighted by atomic mass is 79.9. The molecular weight excluding hydrogens is 318 g/mol. The Morgan fingerprint density at radius 2 is 2.15 bits per heavy atom. The zero-order valence-electron chi connectivity index (χ0n) is 10.7. The molecule has 100 valence electrons. The number of halogens is 1. The van der Waals surface area contributed by atoms with E-state index in [1.807, 2.05) is 18.2 Å². The van der Waals surface area contributed by atoms with E-state index in [-0.39, 0.29) is 0 Å². The lowest BCUT2D eigenvalue weighted by molar-refractivity contribution is 0.626. The molecule has 2 aromatic rings. The first kappa shape index (κ1) is 13.0. The summed E-state index contributed by atoms with van der Waals surface area (Å²) in [5.74, 6) is 0.747. The Morgan fingerprint density at radius 3 is 3.00 bits per heavy atom. The number of anilines is 2. The number of fused-ring (bicyclic) bond motifs is 1. The van der Waals surface area contributed by atoms with Crippen LogP contribution in [-0.2, 0) is 13.0 Å². The molecule has 1 aromatic carbocycles. The van der Waals surface area contributed by atoms with Crippen LogP contribution in [0, 0.1) is 11.3 Å². The second-order valence-electron chi connectivity index (χ2n) is 4.48. The third-order valence-electron chi connectivity index (χ3n) is 3.21. The standard InChI is InChI=1S/C14H12BrN5/c15-14-19-12-5-6-17-8-10(12)13(20-14)18-11-4-2-1-3-9(11)7-16/h1-4,17H,5-6,8H2,(H,18,19,20). The van der Waals surface area contributed by atoms with Gasteiger partial charge in [-0.1, -0.05) is 12.1 Å². The molecule has 0 aliphatic carbocycles. The summed E-state index contributed by atoms with van der Waals surface area (Å²) >= 11 is 3.34. The normalized spacial score (nSPS) is 13.4. The van der Waals surface area contributed by atoms with E-state index < -0.39 is 0 Å². The Hall–Kier alpha value is -1.97. The van der Waals surface area contributed by atoms with Gasteiger partial charge in [-0.15, -0.1) is 0 Å². The van der Waals surface area contributed by atoms with Crippen molar-refractivity contribution < 1.29 is 0 Å². The van der Waals surface area contributed by atoms with Crippen molar-refractivity contribution in [3.8, 4) is 6.07 Å². The van der Waals surface area contributed by atoms with Gasteiger partial charge in [0, 0.05) is 25.1 Å². The maximum absolute atomic E-state index is 9.15. The monoisotopic (exact) mass is 329 g/mol. The number of benzene rings is 1. The Bertz CT molecular complexity index is 692. The number of para-hydroxylation sites is 1. The van der Waals surface area contributed by atoms with E-state index >= 15 is 0 Å². The Morgan fingerprint density at radius 1 is 1.30 bits per heavy atom. The van der Waals surface area contributed by atoms with Gasteiger partial charge in [0.15, 0.2) is 4.73 Å². The fourth-order valence-corrected chi connectivity index (χ4v) is 2.62. The van der Waals surface area contributed by atoms with Crippen LogP contribution in [0.3, 0.4) is 0 Å². The van der Waals surface area contributed by atoms with Crippen LogP contribution in [-0.4, -0.2) is 16.5 Å². The highest BCUT2D eigenvalue weighted by Gasteiger charge is 2.17. The smallest absolute Gasteiger partial charge is 0.198 e. The first-order chi connectivity index (χ1) is 9.78. The maximum atomic E-state index is 9.15. The highest BCUT2D eigenvalue weighted by Crippen LogP contribution is 2.26. The summed E-state index contributed by atoms with van der Waals surface area (Å²) < 4.78 is 0.565. The van der Waals surface area contributed by atoms with Crippen molar-refractivity contribution in [3.63, 3.8) is 0 Å². The predicted octanol–water partition coefficient (Wildman–Crippen LogP) is 2.50. The number of hydrogen-bond acceptors (Lipinski definition) is 5. The van der Waals surface area contributed by atoms with E-state index in [4.69, 9.17) is 5.26 Å². The predicted molar refractivity (Wildman–Crippen MR) is 79.6 cm³/mol. The van der Waals surface area contributed by atoms with Crippen molar-refractivity contribution in [2.45, 2.75) is 13.0 Å². The minimum atomic E-state index is 0.565. The molecule has 0 saturated carbocycles. The van der Waals surface area contributed by atoms with Crippen molar-refractivity contribution in [3.05, 3.63) is 45.8 Å².